The summed E-state index contributed by atoms with van der Waals surface area (Å²) in [5.41, 5.74) is 0.521. The first-order chi connectivity index (χ1) is 9.75. The van der Waals surface area contributed by atoms with Crippen molar-refractivity contribution in [2.45, 2.75) is 32.6 Å². The molecule has 2 heterocycles. The van der Waals surface area contributed by atoms with Crippen LogP contribution in [0.15, 0.2) is 34.7 Å². The van der Waals surface area contributed by atoms with E-state index in [4.69, 9.17) is 4.42 Å². The highest BCUT2D eigenvalue weighted by atomic mass is 16.3. The lowest BCUT2D eigenvalue weighted by Crippen LogP contribution is -2.45. The summed E-state index contributed by atoms with van der Waals surface area (Å²) in [5.74, 6) is 0.686. The lowest BCUT2D eigenvalue weighted by Gasteiger charge is -2.35. The first kappa shape index (κ1) is 13.4. The molecule has 1 atom stereocenters. The number of benzene rings is 1. The van der Waals surface area contributed by atoms with Crippen LogP contribution >= 0.6 is 0 Å². The highest BCUT2D eigenvalue weighted by molar-refractivity contribution is 6.01. The molecule has 106 valence electrons. The molecular weight excluding hydrogens is 250 g/mol. The van der Waals surface area contributed by atoms with Gasteiger partial charge in [0.1, 0.15) is 5.58 Å². The molecule has 1 saturated heterocycles. The molecule has 0 aliphatic carbocycles. The fourth-order valence-corrected chi connectivity index (χ4v) is 3.32. The van der Waals surface area contributed by atoms with Gasteiger partial charge < -0.3 is 9.73 Å². The summed E-state index contributed by atoms with van der Waals surface area (Å²) in [4.78, 5) is 12.9. The molecule has 0 bridgehead atoms. The summed E-state index contributed by atoms with van der Waals surface area (Å²) in [6.07, 6.45) is 3.97. The van der Waals surface area contributed by atoms with Crippen LogP contribution in [0.25, 0.3) is 11.0 Å². The van der Waals surface area contributed by atoms with Crippen molar-refractivity contribution in [3.05, 3.63) is 36.1 Å². The summed E-state index contributed by atoms with van der Waals surface area (Å²) in [6, 6.07) is 9.70. The maximum Gasteiger partial charge on any atom is 0.205 e. The smallest absolute Gasteiger partial charge is 0.205 e. The lowest BCUT2D eigenvalue weighted by molar-refractivity contribution is 0.0689. The third kappa shape index (κ3) is 2.27. The molecule has 0 amide bonds. The number of piperidine rings is 1. The SMILES string of the molecule is CCCC1(C(=O)c2cc3ccccc3o2)CCCNC1. The van der Waals surface area contributed by atoms with Crippen molar-refractivity contribution in [1.82, 2.24) is 5.32 Å². The first-order valence-electron chi connectivity index (χ1n) is 7.49. The Bertz CT molecular complexity index is 570. The predicted molar refractivity (Wildman–Crippen MR) is 80.0 cm³/mol. The molecule has 1 aromatic carbocycles. The van der Waals surface area contributed by atoms with E-state index >= 15 is 0 Å². The molecule has 3 heteroatoms. The van der Waals surface area contributed by atoms with Gasteiger partial charge in [-0.15, -0.1) is 0 Å². The molecule has 0 spiro atoms. The lowest BCUT2D eigenvalue weighted by atomic mass is 9.73. The van der Waals surface area contributed by atoms with Gasteiger partial charge in [-0.2, -0.15) is 0 Å². The van der Waals surface area contributed by atoms with Crippen molar-refractivity contribution in [2.24, 2.45) is 5.41 Å². The number of Topliss-reactive ketones (excluding diaryl/α,β-unsaturated/α-hetero) is 1. The van der Waals surface area contributed by atoms with Crippen LogP contribution < -0.4 is 5.32 Å². The fourth-order valence-electron chi connectivity index (χ4n) is 3.32. The Balaban J connectivity index is 1.96. The fraction of sp³-hybridized carbons (Fsp3) is 0.471. The number of rotatable bonds is 4. The largest absolute Gasteiger partial charge is 0.453 e. The summed E-state index contributed by atoms with van der Waals surface area (Å²) in [6.45, 7) is 3.93. The highest BCUT2D eigenvalue weighted by Crippen LogP contribution is 2.36. The molecule has 0 radical (unpaired) electrons. The maximum absolute atomic E-state index is 12.9. The van der Waals surface area contributed by atoms with Gasteiger partial charge in [0.05, 0.1) is 0 Å². The second-order valence-electron chi connectivity index (χ2n) is 5.79. The molecule has 1 aliphatic heterocycles. The number of furan rings is 1. The van der Waals surface area contributed by atoms with Crippen LogP contribution in [0.5, 0.6) is 0 Å². The number of fused-ring (bicyclic) bond motifs is 1. The van der Waals surface area contributed by atoms with Crippen molar-refractivity contribution in [1.29, 1.82) is 0 Å². The summed E-state index contributed by atoms with van der Waals surface area (Å²) in [5, 5.41) is 4.39. The van der Waals surface area contributed by atoms with E-state index in [9.17, 15) is 4.79 Å². The molecule has 1 unspecified atom stereocenters. The van der Waals surface area contributed by atoms with Gasteiger partial charge in [0.15, 0.2) is 5.76 Å². The minimum absolute atomic E-state index is 0.169. The standard InChI is InChI=1S/C17H21NO2/c1-2-8-17(9-5-10-18-12-17)16(19)15-11-13-6-3-4-7-14(13)20-15/h3-4,6-7,11,18H,2,5,8-10,12H2,1H3. The Morgan fingerprint density at radius 2 is 2.25 bits per heavy atom. The minimum atomic E-state index is -0.277. The van der Waals surface area contributed by atoms with Gasteiger partial charge in [0.2, 0.25) is 5.78 Å². The number of hydrogen-bond acceptors (Lipinski definition) is 3. The third-order valence-electron chi connectivity index (χ3n) is 4.33. The number of para-hydroxylation sites is 1. The average molecular weight is 271 g/mol. The van der Waals surface area contributed by atoms with Crippen LogP contribution in [-0.2, 0) is 0 Å². The van der Waals surface area contributed by atoms with Crippen LogP contribution in [0.3, 0.4) is 0 Å². The van der Waals surface area contributed by atoms with E-state index in [0.29, 0.717) is 5.76 Å². The Labute approximate surface area is 119 Å². The van der Waals surface area contributed by atoms with Crippen LogP contribution in [0, 0.1) is 5.41 Å². The van der Waals surface area contributed by atoms with E-state index in [1.807, 2.05) is 30.3 Å². The second-order valence-corrected chi connectivity index (χ2v) is 5.79. The van der Waals surface area contributed by atoms with Crippen molar-refractivity contribution < 1.29 is 9.21 Å². The van der Waals surface area contributed by atoms with Crippen LogP contribution in [0.4, 0.5) is 0 Å². The maximum atomic E-state index is 12.9. The number of carbonyl (C=O) groups excluding carboxylic acids is 1. The van der Waals surface area contributed by atoms with Crippen LogP contribution in [0.2, 0.25) is 0 Å². The van der Waals surface area contributed by atoms with E-state index in [-0.39, 0.29) is 11.2 Å². The Morgan fingerprint density at radius 1 is 1.40 bits per heavy atom. The predicted octanol–water partition coefficient (Wildman–Crippen LogP) is 3.79. The van der Waals surface area contributed by atoms with E-state index in [1.54, 1.807) is 0 Å². The van der Waals surface area contributed by atoms with E-state index in [1.165, 1.54) is 0 Å². The zero-order valence-corrected chi connectivity index (χ0v) is 11.9. The van der Waals surface area contributed by atoms with E-state index < -0.39 is 0 Å². The minimum Gasteiger partial charge on any atom is -0.453 e. The van der Waals surface area contributed by atoms with Crippen molar-refractivity contribution in [2.75, 3.05) is 13.1 Å². The first-order valence-corrected chi connectivity index (χ1v) is 7.49. The van der Waals surface area contributed by atoms with Gasteiger partial charge in [-0.3, -0.25) is 4.79 Å². The molecule has 3 nitrogen and oxygen atoms in total. The number of hydrogen-bond donors (Lipinski definition) is 1. The van der Waals surface area contributed by atoms with Gasteiger partial charge in [0.25, 0.3) is 0 Å². The van der Waals surface area contributed by atoms with E-state index in [2.05, 4.69) is 12.2 Å². The van der Waals surface area contributed by atoms with Gasteiger partial charge in [0, 0.05) is 17.3 Å². The van der Waals surface area contributed by atoms with Crippen molar-refractivity contribution >= 4 is 16.8 Å². The molecule has 1 fully saturated rings. The summed E-state index contributed by atoms with van der Waals surface area (Å²) >= 11 is 0. The van der Waals surface area contributed by atoms with Crippen molar-refractivity contribution in [3.8, 4) is 0 Å². The normalized spacial score (nSPS) is 23.1. The van der Waals surface area contributed by atoms with Crippen molar-refractivity contribution in [3.63, 3.8) is 0 Å². The average Bonchev–Trinajstić information content (AvgIpc) is 2.91. The van der Waals surface area contributed by atoms with Crippen LogP contribution in [0.1, 0.15) is 43.2 Å². The van der Waals surface area contributed by atoms with Gasteiger partial charge >= 0.3 is 0 Å². The number of ketones is 1. The van der Waals surface area contributed by atoms with Gasteiger partial charge in [-0.1, -0.05) is 31.5 Å². The monoisotopic (exact) mass is 271 g/mol. The zero-order valence-electron chi connectivity index (χ0n) is 11.9. The molecule has 1 aromatic heterocycles. The molecule has 3 rings (SSSR count). The Kier molecular flexibility index (Phi) is 3.62. The molecule has 0 saturated carbocycles. The molecule has 2 aromatic rings. The zero-order chi connectivity index (χ0) is 14.0. The molecular formula is C17H21NO2. The topological polar surface area (TPSA) is 42.2 Å². The molecule has 1 N–H and O–H groups in total. The van der Waals surface area contributed by atoms with Gasteiger partial charge in [-0.05, 0) is 37.9 Å². The molecule has 1 aliphatic rings. The number of carbonyl (C=O) groups is 1. The second kappa shape index (κ2) is 5.41. The molecule has 20 heavy (non-hydrogen) atoms. The summed E-state index contributed by atoms with van der Waals surface area (Å²) < 4.78 is 5.78. The Hall–Kier alpha value is -1.61. The number of nitrogens with one attached hydrogen (secondary N) is 1. The highest BCUT2D eigenvalue weighted by Gasteiger charge is 2.40. The third-order valence-corrected chi connectivity index (χ3v) is 4.33. The Morgan fingerprint density at radius 3 is 2.95 bits per heavy atom. The van der Waals surface area contributed by atoms with Gasteiger partial charge in [-0.25, -0.2) is 0 Å². The van der Waals surface area contributed by atoms with E-state index in [0.717, 1.165) is 49.7 Å². The summed E-state index contributed by atoms with van der Waals surface area (Å²) in [7, 11) is 0. The quantitative estimate of drug-likeness (QED) is 0.860. The van der Waals surface area contributed by atoms with Crippen LogP contribution in [-0.4, -0.2) is 18.9 Å².